The molecule has 3 aromatic rings. The summed E-state index contributed by atoms with van der Waals surface area (Å²) >= 11 is 3.44. The molecular weight excluding hydrogens is 398 g/mol. The second-order valence-electron chi connectivity index (χ2n) is 5.37. The lowest BCUT2D eigenvalue weighted by atomic mass is 10.1. The number of fused-ring (bicyclic) bond motifs is 1. The Kier molecular flexibility index (Phi) is 5.14. The van der Waals surface area contributed by atoms with E-state index in [1.54, 1.807) is 33.5 Å². The van der Waals surface area contributed by atoms with Crippen LogP contribution in [0.3, 0.4) is 0 Å². The van der Waals surface area contributed by atoms with E-state index in [4.69, 9.17) is 14.2 Å². The van der Waals surface area contributed by atoms with Crippen LogP contribution in [-0.4, -0.2) is 31.3 Å². The van der Waals surface area contributed by atoms with Gasteiger partial charge in [0.1, 0.15) is 17.6 Å². The number of allylic oxidation sites excluding steroid dienone is 1. The van der Waals surface area contributed by atoms with Gasteiger partial charge in [-0.15, -0.1) is 0 Å². The van der Waals surface area contributed by atoms with Crippen LogP contribution >= 0.6 is 15.9 Å². The van der Waals surface area contributed by atoms with Gasteiger partial charge in [0.05, 0.1) is 37.9 Å². The smallest absolute Gasteiger partial charge is 0.168 e. The Morgan fingerprint density at radius 1 is 1.15 bits per heavy atom. The molecule has 0 saturated heterocycles. The van der Waals surface area contributed by atoms with Gasteiger partial charge in [0.15, 0.2) is 11.5 Å². The maximum absolute atomic E-state index is 9.64. The number of hydrogen-bond acceptors (Lipinski definition) is 5. The number of imidazole rings is 1. The van der Waals surface area contributed by atoms with E-state index in [9.17, 15) is 5.26 Å². The molecule has 0 saturated carbocycles. The predicted molar refractivity (Wildman–Crippen MR) is 103 cm³/mol. The number of methoxy groups -OCH3 is 3. The summed E-state index contributed by atoms with van der Waals surface area (Å²) in [5.41, 5.74) is 2.62. The molecule has 0 aliphatic rings. The molecule has 2 aromatic carbocycles. The molecule has 0 aliphatic heterocycles. The Balaban J connectivity index is 2.12. The molecule has 132 valence electrons. The Morgan fingerprint density at radius 3 is 2.62 bits per heavy atom. The summed E-state index contributed by atoms with van der Waals surface area (Å²) in [7, 11) is 4.73. The number of nitrogens with one attached hydrogen (secondary N) is 1. The van der Waals surface area contributed by atoms with Crippen molar-refractivity contribution in [3.05, 3.63) is 46.2 Å². The molecule has 0 fully saturated rings. The van der Waals surface area contributed by atoms with Gasteiger partial charge in [-0.1, -0.05) is 15.9 Å². The summed E-state index contributed by atoms with van der Waals surface area (Å²) in [6, 6.07) is 11.3. The third-order valence-electron chi connectivity index (χ3n) is 3.84. The SMILES string of the molecule is COc1ccc2nc(/C(C#N)=C\c3cc(Br)cc(OC)c3OC)[nH]c2c1. The molecular formula is C19H16BrN3O3. The number of hydrogen-bond donors (Lipinski definition) is 1. The number of aromatic nitrogens is 2. The number of benzene rings is 2. The number of rotatable bonds is 5. The zero-order valence-electron chi connectivity index (χ0n) is 14.5. The van der Waals surface area contributed by atoms with Gasteiger partial charge in [-0.3, -0.25) is 0 Å². The maximum Gasteiger partial charge on any atom is 0.168 e. The van der Waals surface area contributed by atoms with Gasteiger partial charge in [0.25, 0.3) is 0 Å². The molecule has 0 bridgehead atoms. The second-order valence-corrected chi connectivity index (χ2v) is 6.28. The van der Waals surface area contributed by atoms with Crippen molar-refractivity contribution in [3.8, 4) is 23.3 Å². The Hall–Kier alpha value is -2.98. The first-order valence-corrected chi connectivity index (χ1v) is 8.46. The lowest BCUT2D eigenvalue weighted by Crippen LogP contribution is -1.94. The summed E-state index contributed by atoms with van der Waals surface area (Å²) in [5.74, 6) is 2.30. The van der Waals surface area contributed by atoms with Crippen molar-refractivity contribution in [1.82, 2.24) is 9.97 Å². The van der Waals surface area contributed by atoms with Gasteiger partial charge >= 0.3 is 0 Å². The van der Waals surface area contributed by atoms with E-state index in [2.05, 4.69) is 32.0 Å². The second kappa shape index (κ2) is 7.50. The van der Waals surface area contributed by atoms with Gasteiger partial charge in [-0.2, -0.15) is 5.26 Å². The van der Waals surface area contributed by atoms with Gasteiger partial charge in [0, 0.05) is 16.1 Å². The Bertz CT molecular complexity index is 1030. The van der Waals surface area contributed by atoms with E-state index < -0.39 is 0 Å². The topological polar surface area (TPSA) is 80.2 Å². The van der Waals surface area contributed by atoms with E-state index in [1.807, 2.05) is 24.3 Å². The van der Waals surface area contributed by atoms with E-state index in [0.29, 0.717) is 34.2 Å². The molecule has 26 heavy (non-hydrogen) atoms. The highest BCUT2D eigenvalue weighted by atomic mass is 79.9. The predicted octanol–water partition coefficient (Wildman–Crippen LogP) is 4.42. The van der Waals surface area contributed by atoms with Crippen molar-refractivity contribution >= 4 is 38.6 Å². The number of nitriles is 1. The van der Waals surface area contributed by atoms with Gasteiger partial charge in [-0.05, 0) is 30.3 Å². The third kappa shape index (κ3) is 3.37. The number of aromatic amines is 1. The van der Waals surface area contributed by atoms with Gasteiger partial charge in [0.2, 0.25) is 0 Å². The number of H-pyrrole nitrogens is 1. The molecule has 0 aliphatic carbocycles. The highest BCUT2D eigenvalue weighted by Crippen LogP contribution is 2.36. The average Bonchev–Trinajstić information content (AvgIpc) is 3.08. The molecule has 0 radical (unpaired) electrons. The zero-order chi connectivity index (χ0) is 18.7. The first-order valence-electron chi connectivity index (χ1n) is 7.67. The van der Waals surface area contributed by atoms with Crippen molar-refractivity contribution in [2.75, 3.05) is 21.3 Å². The summed E-state index contributed by atoms with van der Waals surface area (Å²) in [6.45, 7) is 0. The van der Waals surface area contributed by atoms with Crippen molar-refractivity contribution in [2.24, 2.45) is 0 Å². The lowest BCUT2D eigenvalue weighted by molar-refractivity contribution is 0.354. The van der Waals surface area contributed by atoms with Crippen LogP contribution < -0.4 is 14.2 Å². The molecule has 0 unspecified atom stereocenters. The number of halogens is 1. The fourth-order valence-electron chi connectivity index (χ4n) is 2.62. The fourth-order valence-corrected chi connectivity index (χ4v) is 3.07. The molecule has 0 atom stereocenters. The van der Waals surface area contributed by atoms with Crippen LogP contribution in [0, 0.1) is 11.3 Å². The van der Waals surface area contributed by atoms with E-state index >= 15 is 0 Å². The van der Waals surface area contributed by atoms with Crippen molar-refractivity contribution in [2.45, 2.75) is 0 Å². The zero-order valence-corrected chi connectivity index (χ0v) is 16.0. The highest BCUT2D eigenvalue weighted by Gasteiger charge is 2.14. The molecule has 1 N–H and O–H groups in total. The Labute approximate surface area is 159 Å². The third-order valence-corrected chi connectivity index (χ3v) is 4.29. The van der Waals surface area contributed by atoms with E-state index in [1.165, 1.54) is 0 Å². The molecule has 1 aromatic heterocycles. The van der Waals surface area contributed by atoms with Crippen LogP contribution in [0.2, 0.25) is 0 Å². The minimum Gasteiger partial charge on any atom is -0.497 e. The molecule has 6 nitrogen and oxygen atoms in total. The van der Waals surface area contributed by atoms with Crippen LogP contribution in [-0.2, 0) is 0 Å². The maximum atomic E-state index is 9.64. The summed E-state index contributed by atoms with van der Waals surface area (Å²) in [4.78, 5) is 7.65. The van der Waals surface area contributed by atoms with Crippen LogP contribution in [0.5, 0.6) is 17.2 Å². The Morgan fingerprint density at radius 2 is 1.96 bits per heavy atom. The fraction of sp³-hybridized carbons (Fsp3) is 0.158. The van der Waals surface area contributed by atoms with Crippen molar-refractivity contribution in [3.63, 3.8) is 0 Å². The van der Waals surface area contributed by atoms with Crippen LogP contribution in [0.25, 0.3) is 22.7 Å². The van der Waals surface area contributed by atoms with E-state index in [-0.39, 0.29) is 0 Å². The number of nitrogens with zero attached hydrogens (tertiary/aromatic N) is 2. The monoisotopic (exact) mass is 413 g/mol. The standard InChI is InChI=1S/C19H16BrN3O3/c1-24-14-4-5-15-16(9-14)23-19(22-15)12(10-21)6-11-7-13(20)8-17(25-2)18(11)26-3/h4-9H,1-3H3,(H,22,23)/b12-6-. The van der Waals surface area contributed by atoms with Crippen molar-refractivity contribution in [1.29, 1.82) is 5.26 Å². The molecule has 3 rings (SSSR count). The lowest BCUT2D eigenvalue weighted by Gasteiger charge is -2.11. The molecule has 1 heterocycles. The first kappa shape index (κ1) is 17.8. The molecule has 0 amide bonds. The quantitative estimate of drug-likeness (QED) is 0.626. The number of ether oxygens (including phenoxy) is 3. The molecule has 7 heteroatoms. The van der Waals surface area contributed by atoms with Crippen LogP contribution in [0.1, 0.15) is 11.4 Å². The minimum absolute atomic E-state index is 0.374. The largest absolute Gasteiger partial charge is 0.497 e. The summed E-state index contributed by atoms with van der Waals surface area (Å²) < 4.78 is 16.8. The minimum atomic E-state index is 0.374. The van der Waals surface area contributed by atoms with Gasteiger partial charge < -0.3 is 19.2 Å². The summed E-state index contributed by atoms with van der Waals surface area (Å²) in [5, 5.41) is 9.64. The summed E-state index contributed by atoms with van der Waals surface area (Å²) in [6.07, 6.45) is 1.71. The molecule has 0 spiro atoms. The highest BCUT2D eigenvalue weighted by molar-refractivity contribution is 9.10. The average molecular weight is 414 g/mol. The van der Waals surface area contributed by atoms with Crippen LogP contribution in [0.15, 0.2) is 34.8 Å². The van der Waals surface area contributed by atoms with E-state index in [0.717, 1.165) is 15.5 Å². The normalized spacial score (nSPS) is 11.3. The first-order chi connectivity index (χ1) is 12.6. The van der Waals surface area contributed by atoms with Crippen LogP contribution in [0.4, 0.5) is 0 Å². The van der Waals surface area contributed by atoms with Gasteiger partial charge in [-0.25, -0.2) is 4.98 Å². The van der Waals surface area contributed by atoms with Crippen molar-refractivity contribution < 1.29 is 14.2 Å².